The first kappa shape index (κ1) is 20.5. The first-order valence-electron chi connectivity index (χ1n) is 9.56. The molecule has 2 rings (SSSR count). The number of amides is 3. The quantitative estimate of drug-likeness (QED) is 0.663. The van der Waals surface area contributed by atoms with Crippen LogP contribution in [0.1, 0.15) is 32.6 Å². The Kier molecular flexibility index (Phi) is 7.68. The second-order valence-corrected chi connectivity index (χ2v) is 7.31. The number of hydrogen-bond acceptors (Lipinski definition) is 5. The Bertz CT molecular complexity index is 503. The van der Waals surface area contributed by atoms with Crippen LogP contribution in [-0.4, -0.2) is 92.1 Å². The fourth-order valence-electron chi connectivity index (χ4n) is 3.59. The number of hydrogen-bond donors (Lipinski definition) is 1. The van der Waals surface area contributed by atoms with Gasteiger partial charge in [0.25, 0.3) is 0 Å². The van der Waals surface area contributed by atoms with E-state index >= 15 is 0 Å². The lowest BCUT2D eigenvalue weighted by molar-refractivity contribution is -0.131. The molecule has 1 unspecified atom stereocenters. The molecule has 2 saturated heterocycles. The number of piperidine rings is 1. The van der Waals surface area contributed by atoms with Gasteiger partial charge >= 0.3 is 6.09 Å². The molecule has 2 aliphatic heterocycles. The number of rotatable bonds is 7. The van der Waals surface area contributed by atoms with Gasteiger partial charge in [-0.1, -0.05) is 0 Å². The van der Waals surface area contributed by atoms with E-state index in [-0.39, 0.29) is 36.3 Å². The Balaban J connectivity index is 1.75. The van der Waals surface area contributed by atoms with Gasteiger partial charge in [0.2, 0.25) is 11.8 Å². The molecule has 2 aliphatic rings. The number of likely N-dealkylation sites (tertiary alicyclic amines) is 2. The van der Waals surface area contributed by atoms with Crippen molar-refractivity contribution >= 4 is 17.9 Å². The van der Waals surface area contributed by atoms with Gasteiger partial charge in [-0.2, -0.15) is 0 Å². The van der Waals surface area contributed by atoms with E-state index in [0.29, 0.717) is 32.8 Å². The first-order valence-corrected chi connectivity index (χ1v) is 9.56. The summed E-state index contributed by atoms with van der Waals surface area (Å²) in [5.41, 5.74) is 0. The van der Waals surface area contributed by atoms with Gasteiger partial charge in [-0.15, -0.1) is 0 Å². The zero-order valence-electron chi connectivity index (χ0n) is 16.2. The molecule has 2 heterocycles. The molecule has 148 valence electrons. The molecule has 0 bridgehead atoms. The van der Waals surface area contributed by atoms with Gasteiger partial charge in [-0.05, 0) is 46.8 Å². The highest BCUT2D eigenvalue weighted by Gasteiger charge is 2.39. The van der Waals surface area contributed by atoms with Crippen molar-refractivity contribution < 1.29 is 19.1 Å². The van der Waals surface area contributed by atoms with Crippen molar-refractivity contribution in [2.24, 2.45) is 5.92 Å². The highest BCUT2D eigenvalue weighted by atomic mass is 16.6. The lowest BCUT2D eigenvalue weighted by atomic mass is 10.0. The predicted molar refractivity (Wildman–Crippen MR) is 97.6 cm³/mol. The summed E-state index contributed by atoms with van der Waals surface area (Å²) < 4.78 is 5.02. The van der Waals surface area contributed by atoms with E-state index in [4.69, 9.17) is 4.74 Å². The number of carbonyl (C=O) groups excluding carboxylic acids is 3. The van der Waals surface area contributed by atoms with E-state index < -0.39 is 0 Å². The van der Waals surface area contributed by atoms with Crippen molar-refractivity contribution in [3.63, 3.8) is 0 Å². The van der Waals surface area contributed by atoms with Crippen LogP contribution in [0.3, 0.4) is 0 Å². The van der Waals surface area contributed by atoms with Gasteiger partial charge < -0.3 is 24.8 Å². The lowest BCUT2D eigenvalue weighted by Crippen LogP contribution is -2.47. The Morgan fingerprint density at radius 3 is 2.58 bits per heavy atom. The summed E-state index contributed by atoms with van der Waals surface area (Å²) in [4.78, 5) is 42.0. The fourth-order valence-corrected chi connectivity index (χ4v) is 3.59. The topological polar surface area (TPSA) is 82.2 Å². The van der Waals surface area contributed by atoms with E-state index in [0.717, 1.165) is 25.8 Å². The second kappa shape index (κ2) is 9.75. The SMILES string of the molecule is CCOC(=O)N1CCC(N2CC(C(=O)NCCCN(C)C)CC2=O)CC1. The summed E-state index contributed by atoms with van der Waals surface area (Å²) in [6.07, 6.45) is 2.38. The van der Waals surface area contributed by atoms with Crippen molar-refractivity contribution in [3.8, 4) is 0 Å². The molecular weight excluding hydrogens is 336 g/mol. The summed E-state index contributed by atoms with van der Waals surface area (Å²) in [7, 11) is 4.01. The Labute approximate surface area is 155 Å². The molecular formula is C18H32N4O4. The third-order valence-electron chi connectivity index (χ3n) is 5.04. The van der Waals surface area contributed by atoms with Crippen LogP contribution in [0.15, 0.2) is 0 Å². The fraction of sp³-hybridized carbons (Fsp3) is 0.833. The van der Waals surface area contributed by atoms with Crippen LogP contribution in [0, 0.1) is 5.92 Å². The summed E-state index contributed by atoms with van der Waals surface area (Å²) in [5.74, 6) is -0.235. The standard InChI is InChI=1S/C18H32N4O4/c1-4-26-18(25)21-10-6-15(7-11-21)22-13-14(12-16(22)23)17(24)19-8-5-9-20(2)3/h14-15H,4-13H2,1-3H3,(H,19,24). The predicted octanol–water partition coefficient (Wildman–Crippen LogP) is 0.524. The number of nitrogens with zero attached hydrogens (tertiary/aromatic N) is 3. The maximum atomic E-state index is 12.4. The molecule has 0 aromatic rings. The molecule has 0 aliphatic carbocycles. The minimum absolute atomic E-state index is 0.0245. The van der Waals surface area contributed by atoms with E-state index in [1.165, 1.54) is 0 Å². The molecule has 8 heteroatoms. The minimum Gasteiger partial charge on any atom is -0.450 e. The van der Waals surface area contributed by atoms with Gasteiger partial charge in [-0.25, -0.2) is 4.79 Å². The smallest absolute Gasteiger partial charge is 0.409 e. The highest BCUT2D eigenvalue weighted by molar-refractivity contribution is 5.89. The number of nitrogens with one attached hydrogen (secondary N) is 1. The first-order chi connectivity index (χ1) is 12.4. The Hall–Kier alpha value is -1.83. The maximum Gasteiger partial charge on any atom is 0.409 e. The maximum absolute atomic E-state index is 12.4. The molecule has 0 radical (unpaired) electrons. The number of carbonyl (C=O) groups is 3. The Morgan fingerprint density at radius 2 is 1.96 bits per heavy atom. The van der Waals surface area contributed by atoms with Crippen molar-refractivity contribution in [3.05, 3.63) is 0 Å². The average molecular weight is 368 g/mol. The zero-order chi connectivity index (χ0) is 19.1. The summed E-state index contributed by atoms with van der Waals surface area (Å²) in [5, 5.41) is 2.95. The van der Waals surface area contributed by atoms with Crippen molar-refractivity contribution in [2.75, 3.05) is 53.4 Å². The van der Waals surface area contributed by atoms with Gasteiger partial charge in [0.15, 0.2) is 0 Å². The van der Waals surface area contributed by atoms with Gasteiger partial charge in [-0.3, -0.25) is 9.59 Å². The average Bonchev–Trinajstić information content (AvgIpc) is 3.00. The molecule has 0 aromatic heterocycles. The summed E-state index contributed by atoms with van der Waals surface area (Å²) in [6, 6.07) is 0.111. The normalized spacial score (nSPS) is 21.4. The number of ether oxygens (including phenoxy) is 1. The van der Waals surface area contributed by atoms with Gasteiger partial charge in [0.05, 0.1) is 12.5 Å². The van der Waals surface area contributed by atoms with Crippen LogP contribution in [-0.2, 0) is 14.3 Å². The highest BCUT2D eigenvalue weighted by Crippen LogP contribution is 2.26. The van der Waals surface area contributed by atoms with Crippen LogP contribution in [0.2, 0.25) is 0 Å². The lowest BCUT2D eigenvalue weighted by Gasteiger charge is -2.36. The van der Waals surface area contributed by atoms with E-state index in [1.807, 2.05) is 19.0 Å². The zero-order valence-corrected chi connectivity index (χ0v) is 16.2. The Morgan fingerprint density at radius 1 is 1.27 bits per heavy atom. The van der Waals surface area contributed by atoms with Crippen molar-refractivity contribution in [1.82, 2.24) is 20.0 Å². The van der Waals surface area contributed by atoms with Crippen LogP contribution >= 0.6 is 0 Å². The molecule has 3 amide bonds. The molecule has 2 fully saturated rings. The summed E-state index contributed by atoms with van der Waals surface area (Å²) >= 11 is 0. The van der Waals surface area contributed by atoms with Crippen LogP contribution in [0.25, 0.3) is 0 Å². The van der Waals surface area contributed by atoms with E-state index in [1.54, 1.807) is 11.8 Å². The molecule has 8 nitrogen and oxygen atoms in total. The monoisotopic (exact) mass is 368 g/mol. The summed E-state index contributed by atoms with van der Waals surface area (Å²) in [6.45, 7) is 5.40. The van der Waals surface area contributed by atoms with Crippen molar-refractivity contribution in [2.45, 2.75) is 38.6 Å². The molecule has 1 N–H and O–H groups in total. The van der Waals surface area contributed by atoms with Gasteiger partial charge in [0.1, 0.15) is 0 Å². The molecule has 0 aromatic carbocycles. The molecule has 0 spiro atoms. The molecule has 1 atom stereocenters. The van der Waals surface area contributed by atoms with Crippen LogP contribution in [0.5, 0.6) is 0 Å². The van der Waals surface area contributed by atoms with Gasteiger partial charge in [0, 0.05) is 38.6 Å². The van der Waals surface area contributed by atoms with Crippen LogP contribution < -0.4 is 5.32 Å². The minimum atomic E-state index is -0.284. The van der Waals surface area contributed by atoms with E-state index in [2.05, 4.69) is 10.2 Å². The van der Waals surface area contributed by atoms with Crippen molar-refractivity contribution in [1.29, 1.82) is 0 Å². The second-order valence-electron chi connectivity index (χ2n) is 7.31. The van der Waals surface area contributed by atoms with E-state index in [9.17, 15) is 14.4 Å². The third kappa shape index (κ3) is 5.59. The van der Waals surface area contributed by atoms with Crippen LogP contribution in [0.4, 0.5) is 4.79 Å². The third-order valence-corrected chi connectivity index (χ3v) is 5.04. The molecule has 0 saturated carbocycles. The largest absolute Gasteiger partial charge is 0.450 e. The molecule has 26 heavy (non-hydrogen) atoms.